The zero-order valence-corrected chi connectivity index (χ0v) is 11.7. The Kier molecular flexibility index (Phi) is 3.34. The number of nitrogens with zero attached hydrogens (tertiary/aromatic N) is 2. The standard InChI is InChI=1S/C14H9Cl2N3O/c15-9-6-5-8(7-10(9)16)20-14-13(17)18-11-3-1-2-4-12(11)19-14/h1-7H,(H2,17,18). The van der Waals surface area contributed by atoms with Crippen molar-refractivity contribution in [3.05, 3.63) is 52.5 Å². The molecule has 2 aromatic carbocycles. The number of hydrogen-bond acceptors (Lipinski definition) is 4. The van der Waals surface area contributed by atoms with Gasteiger partial charge in [-0.1, -0.05) is 35.3 Å². The molecule has 0 aliphatic heterocycles. The summed E-state index contributed by atoms with van der Waals surface area (Å²) < 4.78 is 5.61. The lowest BCUT2D eigenvalue weighted by Crippen LogP contribution is -1.99. The number of rotatable bonds is 2. The lowest BCUT2D eigenvalue weighted by Gasteiger charge is -2.08. The maximum Gasteiger partial charge on any atom is 0.263 e. The first-order valence-electron chi connectivity index (χ1n) is 5.78. The molecule has 0 saturated carbocycles. The van der Waals surface area contributed by atoms with Gasteiger partial charge in [-0.15, -0.1) is 0 Å². The van der Waals surface area contributed by atoms with Gasteiger partial charge in [0.2, 0.25) is 0 Å². The predicted octanol–water partition coefficient (Wildman–Crippen LogP) is 4.31. The molecule has 0 aliphatic rings. The van der Waals surface area contributed by atoms with Gasteiger partial charge in [0, 0.05) is 6.07 Å². The first-order valence-corrected chi connectivity index (χ1v) is 6.54. The van der Waals surface area contributed by atoms with E-state index in [0.717, 1.165) is 0 Å². The van der Waals surface area contributed by atoms with Crippen LogP contribution in [0, 0.1) is 0 Å². The molecule has 0 aliphatic carbocycles. The predicted molar refractivity (Wildman–Crippen MR) is 80.5 cm³/mol. The van der Waals surface area contributed by atoms with Crippen LogP contribution < -0.4 is 10.5 Å². The second-order valence-corrected chi connectivity index (χ2v) is 4.90. The van der Waals surface area contributed by atoms with Gasteiger partial charge in [-0.3, -0.25) is 0 Å². The maximum atomic E-state index is 5.94. The van der Waals surface area contributed by atoms with Crippen LogP contribution in [0.3, 0.4) is 0 Å². The van der Waals surface area contributed by atoms with Crippen molar-refractivity contribution in [3.8, 4) is 11.6 Å². The number of aromatic nitrogens is 2. The van der Waals surface area contributed by atoms with Crippen LogP contribution in [0.1, 0.15) is 0 Å². The van der Waals surface area contributed by atoms with Crippen molar-refractivity contribution in [2.45, 2.75) is 0 Å². The summed E-state index contributed by atoms with van der Waals surface area (Å²) in [5.41, 5.74) is 7.26. The molecule has 0 fully saturated rings. The molecule has 0 spiro atoms. The normalized spacial score (nSPS) is 10.7. The van der Waals surface area contributed by atoms with Crippen LogP contribution in [0.5, 0.6) is 11.6 Å². The molecule has 0 unspecified atom stereocenters. The number of nitrogen functional groups attached to an aromatic ring is 1. The molecule has 0 radical (unpaired) electrons. The molecule has 3 aromatic rings. The summed E-state index contributed by atoms with van der Waals surface area (Å²) in [6.45, 7) is 0. The Morgan fingerprint density at radius 2 is 1.60 bits per heavy atom. The van der Waals surface area contributed by atoms with Crippen LogP contribution in [0.4, 0.5) is 5.82 Å². The quantitative estimate of drug-likeness (QED) is 0.766. The van der Waals surface area contributed by atoms with E-state index >= 15 is 0 Å². The van der Waals surface area contributed by atoms with E-state index in [9.17, 15) is 0 Å². The van der Waals surface area contributed by atoms with Gasteiger partial charge in [0.25, 0.3) is 5.88 Å². The van der Waals surface area contributed by atoms with Gasteiger partial charge >= 0.3 is 0 Å². The summed E-state index contributed by atoms with van der Waals surface area (Å²) in [4.78, 5) is 8.58. The average molecular weight is 306 g/mol. The summed E-state index contributed by atoms with van der Waals surface area (Å²) in [5, 5.41) is 0.855. The van der Waals surface area contributed by atoms with Gasteiger partial charge in [-0.2, -0.15) is 0 Å². The van der Waals surface area contributed by atoms with E-state index in [1.807, 2.05) is 24.3 Å². The molecule has 100 valence electrons. The minimum absolute atomic E-state index is 0.217. The maximum absolute atomic E-state index is 5.94. The highest BCUT2D eigenvalue weighted by atomic mass is 35.5. The van der Waals surface area contributed by atoms with Crippen LogP contribution in [0.25, 0.3) is 11.0 Å². The number of ether oxygens (including phenoxy) is 1. The number of hydrogen-bond donors (Lipinski definition) is 1. The van der Waals surface area contributed by atoms with Gasteiger partial charge in [0.05, 0.1) is 21.1 Å². The van der Waals surface area contributed by atoms with E-state index in [0.29, 0.717) is 26.8 Å². The molecule has 0 bridgehead atoms. The summed E-state index contributed by atoms with van der Waals surface area (Å²) in [6.07, 6.45) is 0. The molecule has 3 rings (SSSR count). The number of nitrogens with two attached hydrogens (primary N) is 1. The van der Waals surface area contributed by atoms with Gasteiger partial charge in [-0.25, -0.2) is 9.97 Å². The van der Waals surface area contributed by atoms with Crippen LogP contribution in [0.15, 0.2) is 42.5 Å². The van der Waals surface area contributed by atoms with E-state index < -0.39 is 0 Å². The third-order valence-corrected chi connectivity index (χ3v) is 3.41. The monoisotopic (exact) mass is 305 g/mol. The van der Waals surface area contributed by atoms with Gasteiger partial charge in [0.15, 0.2) is 5.82 Å². The highest BCUT2D eigenvalue weighted by Gasteiger charge is 2.09. The lowest BCUT2D eigenvalue weighted by molar-refractivity contribution is 0.466. The molecule has 0 saturated heterocycles. The van der Waals surface area contributed by atoms with Crippen LogP contribution >= 0.6 is 23.2 Å². The smallest absolute Gasteiger partial charge is 0.263 e. The second kappa shape index (κ2) is 5.15. The van der Waals surface area contributed by atoms with Crippen molar-refractivity contribution in [2.24, 2.45) is 0 Å². The average Bonchev–Trinajstić information content (AvgIpc) is 2.44. The minimum Gasteiger partial charge on any atom is -0.436 e. The van der Waals surface area contributed by atoms with E-state index in [1.165, 1.54) is 0 Å². The zero-order chi connectivity index (χ0) is 14.1. The number of anilines is 1. The second-order valence-electron chi connectivity index (χ2n) is 4.08. The summed E-state index contributed by atoms with van der Waals surface area (Å²) in [7, 11) is 0. The van der Waals surface area contributed by atoms with Crippen molar-refractivity contribution < 1.29 is 4.74 Å². The molecule has 20 heavy (non-hydrogen) atoms. The topological polar surface area (TPSA) is 61.0 Å². The molecular weight excluding hydrogens is 297 g/mol. The molecule has 4 nitrogen and oxygen atoms in total. The zero-order valence-electron chi connectivity index (χ0n) is 10.2. The molecule has 1 aromatic heterocycles. The van der Waals surface area contributed by atoms with Crippen molar-refractivity contribution >= 4 is 40.1 Å². The highest BCUT2D eigenvalue weighted by molar-refractivity contribution is 6.42. The van der Waals surface area contributed by atoms with E-state index in [-0.39, 0.29) is 11.7 Å². The van der Waals surface area contributed by atoms with Crippen LogP contribution in [0.2, 0.25) is 10.0 Å². The van der Waals surface area contributed by atoms with E-state index in [2.05, 4.69) is 9.97 Å². The summed E-state index contributed by atoms with van der Waals surface area (Å²) in [5.74, 6) is 0.951. The Morgan fingerprint density at radius 1 is 0.900 bits per heavy atom. The Morgan fingerprint density at radius 3 is 2.30 bits per heavy atom. The Hall–Kier alpha value is -2.04. The van der Waals surface area contributed by atoms with Crippen molar-refractivity contribution in [1.29, 1.82) is 0 Å². The molecule has 0 amide bonds. The number of benzene rings is 2. The van der Waals surface area contributed by atoms with Crippen molar-refractivity contribution in [2.75, 3.05) is 5.73 Å². The first kappa shape index (κ1) is 13.0. The molecule has 0 atom stereocenters. The van der Waals surface area contributed by atoms with Crippen molar-refractivity contribution in [1.82, 2.24) is 9.97 Å². The first-order chi connectivity index (χ1) is 9.63. The lowest BCUT2D eigenvalue weighted by atomic mass is 10.3. The minimum atomic E-state index is 0.217. The highest BCUT2D eigenvalue weighted by Crippen LogP contribution is 2.31. The third kappa shape index (κ3) is 2.48. The Bertz CT molecular complexity index is 792. The van der Waals surface area contributed by atoms with E-state index in [1.54, 1.807) is 18.2 Å². The van der Waals surface area contributed by atoms with Gasteiger partial charge in [0.1, 0.15) is 5.75 Å². The molecule has 6 heteroatoms. The van der Waals surface area contributed by atoms with Crippen molar-refractivity contribution in [3.63, 3.8) is 0 Å². The summed E-state index contributed by atoms with van der Waals surface area (Å²) >= 11 is 11.8. The number of para-hydroxylation sites is 2. The summed E-state index contributed by atoms with van der Waals surface area (Å²) in [6, 6.07) is 12.3. The SMILES string of the molecule is Nc1nc2ccccc2nc1Oc1ccc(Cl)c(Cl)c1. The fraction of sp³-hybridized carbons (Fsp3) is 0. The molecule has 2 N–H and O–H groups in total. The fourth-order valence-corrected chi connectivity index (χ4v) is 2.01. The largest absolute Gasteiger partial charge is 0.436 e. The van der Waals surface area contributed by atoms with Gasteiger partial charge in [-0.05, 0) is 24.3 Å². The van der Waals surface area contributed by atoms with Gasteiger partial charge < -0.3 is 10.5 Å². The Balaban J connectivity index is 2.01. The number of fused-ring (bicyclic) bond motifs is 1. The fourth-order valence-electron chi connectivity index (χ4n) is 1.72. The van der Waals surface area contributed by atoms with E-state index in [4.69, 9.17) is 33.7 Å². The Labute approximate surface area is 125 Å². The van der Waals surface area contributed by atoms with Crippen LogP contribution in [-0.2, 0) is 0 Å². The molecular formula is C14H9Cl2N3O. The third-order valence-electron chi connectivity index (χ3n) is 2.67. The number of halogens is 2. The van der Waals surface area contributed by atoms with Crippen LogP contribution in [-0.4, -0.2) is 9.97 Å². The molecule has 1 heterocycles.